The summed E-state index contributed by atoms with van der Waals surface area (Å²) in [4.78, 5) is 40.9. The number of methoxy groups -OCH3 is 1. The first kappa shape index (κ1) is 25.4. The lowest BCUT2D eigenvalue weighted by Gasteiger charge is -2.50. The molecule has 8 heteroatoms. The summed E-state index contributed by atoms with van der Waals surface area (Å²) in [6.07, 6.45) is 8.16. The molecule has 4 aliphatic rings. The second-order valence-electron chi connectivity index (χ2n) is 11.5. The highest BCUT2D eigenvalue weighted by Gasteiger charge is 2.47. The highest BCUT2D eigenvalue weighted by atomic mass is 16.5. The van der Waals surface area contributed by atoms with Crippen LogP contribution in [0.4, 0.5) is 4.79 Å². The predicted octanol–water partition coefficient (Wildman–Crippen LogP) is 2.67. The van der Waals surface area contributed by atoms with Gasteiger partial charge in [0.25, 0.3) is 0 Å². The lowest BCUT2D eigenvalue weighted by atomic mass is 9.64. The molecule has 4 amide bonds. The molecule has 0 aromatic rings. The molecule has 2 aliphatic heterocycles. The van der Waals surface area contributed by atoms with Gasteiger partial charge in [-0.05, 0) is 82.5 Å². The molecule has 2 saturated carbocycles. The number of carbonyl (C=O) groups excluding carboxylic acids is 3. The SMILES string of the molecule is COC1CCC(NC(=O)NC(=O)C2CCC(C)C(C3CC4CNC(C)CC4N(C)C3=O)C2)CC1. The van der Waals surface area contributed by atoms with E-state index in [0.29, 0.717) is 30.3 Å². The van der Waals surface area contributed by atoms with Gasteiger partial charge < -0.3 is 20.3 Å². The third-order valence-electron chi connectivity index (χ3n) is 9.31. The standard InChI is InChI=1S/C26H44N4O4/c1-15-5-6-17(24(31)29-26(33)28-19-7-9-20(34-4)10-8-19)12-21(15)22-13-18-14-27-16(2)11-23(18)30(3)25(22)32/h15-23,27H,5-14H2,1-4H3,(H2,28,29,31,33). The monoisotopic (exact) mass is 476 g/mol. The molecule has 2 heterocycles. The molecule has 0 radical (unpaired) electrons. The lowest BCUT2D eigenvalue weighted by Crippen LogP contribution is -2.60. The van der Waals surface area contributed by atoms with E-state index in [1.165, 1.54) is 0 Å². The number of rotatable bonds is 4. The van der Waals surface area contributed by atoms with Gasteiger partial charge in [0.2, 0.25) is 11.8 Å². The average Bonchev–Trinajstić information content (AvgIpc) is 2.82. The number of urea groups is 1. The van der Waals surface area contributed by atoms with Crippen molar-refractivity contribution in [3.05, 3.63) is 0 Å². The van der Waals surface area contributed by atoms with E-state index < -0.39 is 0 Å². The second kappa shape index (κ2) is 10.9. The summed E-state index contributed by atoms with van der Waals surface area (Å²) in [5.41, 5.74) is 0. The Morgan fingerprint density at radius 3 is 2.47 bits per heavy atom. The summed E-state index contributed by atoms with van der Waals surface area (Å²) in [7, 11) is 3.69. The van der Waals surface area contributed by atoms with Crippen LogP contribution >= 0.6 is 0 Å². The van der Waals surface area contributed by atoms with Crippen LogP contribution < -0.4 is 16.0 Å². The van der Waals surface area contributed by atoms with Crippen molar-refractivity contribution in [2.75, 3.05) is 20.7 Å². The average molecular weight is 477 g/mol. The van der Waals surface area contributed by atoms with Crippen LogP contribution in [0.1, 0.15) is 71.6 Å². The van der Waals surface area contributed by atoms with Crippen LogP contribution in [0.5, 0.6) is 0 Å². The summed E-state index contributed by atoms with van der Waals surface area (Å²) in [6.45, 7) is 5.37. The van der Waals surface area contributed by atoms with Crippen LogP contribution in [-0.2, 0) is 14.3 Å². The Labute approximate surface area is 204 Å². The van der Waals surface area contributed by atoms with E-state index in [0.717, 1.165) is 57.9 Å². The quantitative estimate of drug-likeness (QED) is 0.579. The Morgan fingerprint density at radius 1 is 1.03 bits per heavy atom. The molecule has 2 saturated heterocycles. The molecule has 4 fully saturated rings. The lowest BCUT2D eigenvalue weighted by molar-refractivity contribution is -0.149. The van der Waals surface area contributed by atoms with E-state index in [4.69, 9.17) is 4.74 Å². The molecule has 2 aliphatic carbocycles. The fourth-order valence-electron chi connectivity index (χ4n) is 7.09. The van der Waals surface area contributed by atoms with Crippen molar-refractivity contribution in [1.82, 2.24) is 20.9 Å². The Hall–Kier alpha value is -1.67. The maximum absolute atomic E-state index is 13.4. The van der Waals surface area contributed by atoms with E-state index in [1.807, 2.05) is 11.9 Å². The van der Waals surface area contributed by atoms with Gasteiger partial charge in [0.15, 0.2) is 0 Å². The third kappa shape index (κ3) is 5.59. The number of hydrogen-bond acceptors (Lipinski definition) is 5. The van der Waals surface area contributed by atoms with Crippen molar-refractivity contribution >= 4 is 17.8 Å². The van der Waals surface area contributed by atoms with Gasteiger partial charge in [0.05, 0.1) is 6.10 Å². The maximum Gasteiger partial charge on any atom is 0.321 e. The molecule has 0 spiro atoms. The first-order chi connectivity index (χ1) is 16.3. The van der Waals surface area contributed by atoms with Crippen molar-refractivity contribution in [3.8, 4) is 0 Å². The van der Waals surface area contributed by atoms with Gasteiger partial charge in [-0.25, -0.2) is 4.79 Å². The zero-order chi connectivity index (χ0) is 24.4. The highest BCUT2D eigenvalue weighted by Crippen LogP contribution is 2.44. The van der Waals surface area contributed by atoms with Crippen LogP contribution in [0.3, 0.4) is 0 Å². The van der Waals surface area contributed by atoms with E-state index in [2.05, 4.69) is 29.8 Å². The first-order valence-corrected chi connectivity index (χ1v) is 13.4. The zero-order valence-corrected chi connectivity index (χ0v) is 21.3. The third-order valence-corrected chi connectivity index (χ3v) is 9.31. The molecular formula is C26H44N4O4. The smallest absolute Gasteiger partial charge is 0.321 e. The largest absolute Gasteiger partial charge is 0.381 e. The number of likely N-dealkylation sites (tertiary alicyclic amines) is 1. The molecule has 0 aromatic carbocycles. The number of imide groups is 1. The Kier molecular flexibility index (Phi) is 8.18. The fourth-order valence-corrected chi connectivity index (χ4v) is 7.09. The van der Waals surface area contributed by atoms with Gasteiger partial charge >= 0.3 is 6.03 Å². The number of hydrogen-bond donors (Lipinski definition) is 3. The molecule has 0 aromatic heterocycles. The van der Waals surface area contributed by atoms with Crippen molar-refractivity contribution in [1.29, 1.82) is 0 Å². The Balaban J connectivity index is 1.32. The fraction of sp³-hybridized carbons (Fsp3) is 0.885. The second-order valence-corrected chi connectivity index (χ2v) is 11.5. The van der Waals surface area contributed by atoms with Crippen molar-refractivity contribution < 1.29 is 19.1 Å². The summed E-state index contributed by atoms with van der Waals surface area (Å²) in [5, 5.41) is 9.16. The normalized spacial score (nSPS) is 40.9. The predicted molar refractivity (Wildman–Crippen MR) is 130 cm³/mol. The Morgan fingerprint density at radius 2 is 1.76 bits per heavy atom. The van der Waals surface area contributed by atoms with Gasteiger partial charge in [0.1, 0.15) is 0 Å². The first-order valence-electron chi connectivity index (χ1n) is 13.4. The van der Waals surface area contributed by atoms with Crippen molar-refractivity contribution in [2.24, 2.45) is 29.6 Å². The highest BCUT2D eigenvalue weighted by molar-refractivity contribution is 5.95. The molecule has 4 rings (SSSR count). The number of piperidine rings is 2. The van der Waals surface area contributed by atoms with Gasteiger partial charge in [-0.1, -0.05) is 6.92 Å². The molecule has 8 nitrogen and oxygen atoms in total. The molecule has 0 bridgehead atoms. The van der Waals surface area contributed by atoms with Gasteiger partial charge in [0, 0.05) is 50.7 Å². The number of fused-ring (bicyclic) bond motifs is 1. The Bertz CT molecular complexity index is 753. The minimum atomic E-state index is -0.389. The van der Waals surface area contributed by atoms with Gasteiger partial charge in [-0.15, -0.1) is 0 Å². The molecule has 34 heavy (non-hydrogen) atoms. The van der Waals surface area contributed by atoms with Gasteiger partial charge in [-0.3, -0.25) is 14.9 Å². The maximum atomic E-state index is 13.4. The molecule has 7 unspecified atom stereocenters. The molecule has 192 valence electrons. The summed E-state index contributed by atoms with van der Waals surface area (Å²) in [5.74, 6) is 0.883. The van der Waals surface area contributed by atoms with E-state index >= 15 is 0 Å². The van der Waals surface area contributed by atoms with Crippen molar-refractivity contribution in [2.45, 2.75) is 95.9 Å². The van der Waals surface area contributed by atoms with E-state index in [9.17, 15) is 14.4 Å². The molecule has 3 N–H and O–H groups in total. The number of ether oxygens (including phenoxy) is 1. The number of nitrogens with zero attached hydrogens (tertiary/aromatic N) is 1. The summed E-state index contributed by atoms with van der Waals surface area (Å²) >= 11 is 0. The number of amides is 4. The van der Waals surface area contributed by atoms with Crippen LogP contribution in [0.15, 0.2) is 0 Å². The number of carbonyl (C=O) groups is 3. The zero-order valence-electron chi connectivity index (χ0n) is 21.3. The number of nitrogens with one attached hydrogen (secondary N) is 3. The minimum absolute atomic E-state index is 0.0307. The van der Waals surface area contributed by atoms with E-state index in [-0.39, 0.29) is 47.7 Å². The molecule has 7 atom stereocenters. The van der Waals surface area contributed by atoms with Crippen LogP contribution in [0, 0.1) is 29.6 Å². The van der Waals surface area contributed by atoms with Crippen LogP contribution in [0.2, 0.25) is 0 Å². The van der Waals surface area contributed by atoms with Crippen LogP contribution in [-0.4, -0.2) is 67.7 Å². The summed E-state index contributed by atoms with van der Waals surface area (Å²) in [6, 6.07) is 0.463. The minimum Gasteiger partial charge on any atom is -0.381 e. The topological polar surface area (TPSA) is 99.8 Å². The van der Waals surface area contributed by atoms with Crippen molar-refractivity contribution in [3.63, 3.8) is 0 Å². The summed E-state index contributed by atoms with van der Waals surface area (Å²) < 4.78 is 5.39. The van der Waals surface area contributed by atoms with E-state index in [1.54, 1.807) is 7.11 Å². The van der Waals surface area contributed by atoms with Gasteiger partial charge in [-0.2, -0.15) is 0 Å². The molecular weight excluding hydrogens is 432 g/mol. The van der Waals surface area contributed by atoms with Crippen LogP contribution in [0.25, 0.3) is 0 Å².